The Morgan fingerprint density at radius 3 is 2.56 bits per heavy atom. The highest BCUT2D eigenvalue weighted by molar-refractivity contribution is 5.75. The molecule has 1 saturated heterocycles. The number of rotatable bonds is 8. The highest BCUT2D eigenvalue weighted by Crippen LogP contribution is 2.29. The van der Waals surface area contributed by atoms with Gasteiger partial charge < -0.3 is 19.9 Å². The number of amides is 1. The number of piperidine rings is 1. The van der Waals surface area contributed by atoms with Gasteiger partial charge in [-0.25, -0.2) is 0 Å². The Morgan fingerprint density at radius 1 is 1.11 bits per heavy atom. The average molecular weight is 370 g/mol. The van der Waals surface area contributed by atoms with Crippen molar-refractivity contribution in [3.8, 4) is 17.2 Å². The molecule has 1 heterocycles. The zero-order chi connectivity index (χ0) is 19.1. The Balaban J connectivity index is 1.49. The second kappa shape index (κ2) is 9.28. The van der Waals surface area contributed by atoms with E-state index in [4.69, 9.17) is 19.9 Å². The van der Waals surface area contributed by atoms with Gasteiger partial charge in [-0.1, -0.05) is 24.3 Å². The first kappa shape index (κ1) is 19.0. The van der Waals surface area contributed by atoms with Crippen molar-refractivity contribution in [2.24, 2.45) is 5.73 Å². The predicted molar refractivity (Wildman–Crippen MR) is 103 cm³/mol. The van der Waals surface area contributed by atoms with Crippen molar-refractivity contribution in [2.45, 2.75) is 25.5 Å². The van der Waals surface area contributed by atoms with Gasteiger partial charge in [-0.3, -0.25) is 9.69 Å². The lowest BCUT2D eigenvalue weighted by atomic mass is 10.1. The molecule has 144 valence electrons. The maximum atomic E-state index is 10.8. The molecule has 6 heteroatoms. The number of nitrogens with two attached hydrogens (primary N) is 1. The third kappa shape index (κ3) is 5.62. The minimum Gasteiger partial charge on any atom is -0.493 e. The van der Waals surface area contributed by atoms with Gasteiger partial charge >= 0.3 is 0 Å². The Bertz CT molecular complexity index is 757. The number of primary amides is 1. The average Bonchev–Trinajstić information content (AvgIpc) is 2.69. The lowest BCUT2D eigenvalue weighted by Gasteiger charge is -2.32. The number of nitrogens with zero attached hydrogens (tertiary/aromatic N) is 1. The van der Waals surface area contributed by atoms with Crippen LogP contribution >= 0.6 is 0 Å². The topological polar surface area (TPSA) is 74.0 Å². The fraction of sp³-hybridized carbons (Fsp3) is 0.381. The van der Waals surface area contributed by atoms with Crippen molar-refractivity contribution >= 4 is 5.91 Å². The molecule has 0 atom stereocenters. The number of para-hydroxylation sites is 2. The lowest BCUT2D eigenvalue weighted by Crippen LogP contribution is -2.37. The number of carbonyl (C=O) groups is 1. The van der Waals surface area contributed by atoms with E-state index in [0.29, 0.717) is 5.75 Å². The monoisotopic (exact) mass is 370 g/mol. The van der Waals surface area contributed by atoms with Crippen molar-refractivity contribution in [3.63, 3.8) is 0 Å². The first-order valence-corrected chi connectivity index (χ1v) is 9.16. The summed E-state index contributed by atoms with van der Waals surface area (Å²) in [6.45, 7) is 2.67. The molecule has 0 aliphatic carbocycles. The molecule has 1 fully saturated rings. The molecule has 0 unspecified atom stereocenters. The van der Waals surface area contributed by atoms with Crippen LogP contribution in [0.5, 0.6) is 17.2 Å². The van der Waals surface area contributed by atoms with Gasteiger partial charge in [-0.15, -0.1) is 0 Å². The maximum absolute atomic E-state index is 10.8. The normalized spacial score (nSPS) is 15.3. The number of likely N-dealkylation sites (tertiary alicyclic amines) is 1. The van der Waals surface area contributed by atoms with Crippen LogP contribution in [-0.4, -0.2) is 43.7 Å². The van der Waals surface area contributed by atoms with Gasteiger partial charge in [0, 0.05) is 19.6 Å². The first-order chi connectivity index (χ1) is 13.1. The number of hydrogen-bond donors (Lipinski definition) is 1. The van der Waals surface area contributed by atoms with Gasteiger partial charge in [-0.05, 0) is 42.7 Å². The summed E-state index contributed by atoms with van der Waals surface area (Å²) >= 11 is 0. The van der Waals surface area contributed by atoms with E-state index in [-0.39, 0.29) is 12.7 Å². The second-order valence-corrected chi connectivity index (χ2v) is 6.65. The zero-order valence-electron chi connectivity index (χ0n) is 15.6. The van der Waals surface area contributed by atoms with E-state index >= 15 is 0 Å². The van der Waals surface area contributed by atoms with Crippen LogP contribution in [0.15, 0.2) is 48.5 Å². The van der Waals surface area contributed by atoms with Crippen molar-refractivity contribution < 1.29 is 19.0 Å². The summed E-state index contributed by atoms with van der Waals surface area (Å²) < 4.78 is 16.9. The molecular weight excluding hydrogens is 344 g/mol. The van der Waals surface area contributed by atoms with E-state index in [1.54, 1.807) is 7.11 Å². The molecule has 3 rings (SSSR count). The van der Waals surface area contributed by atoms with E-state index in [2.05, 4.69) is 11.0 Å². The van der Waals surface area contributed by atoms with E-state index in [1.807, 2.05) is 42.5 Å². The molecule has 2 aromatic carbocycles. The fourth-order valence-electron chi connectivity index (χ4n) is 3.23. The number of carbonyl (C=O) groups excluding carboxylic acids is 1. The molecule has 0 spiro atoms. The number of ether oxygens (including phenoxy) is 3. The van der Waals surface area contributed by atoms with Gasteiger partial charge in [-0.2, -0.15) is 0 Å². The van der Waals surface area contributed by atoms with E-state index in [0.717, 1.165) is 49.5 Å². The predicted octanol–water partition coefficient (Wildman–Crippen LogP) is 2.60. The standard InChI is InChI=1S/C21H26N2O4/c1-25-19-7-2-3-8-20(19)27-17-9-11-23(12-10-17)14-16-5-4-6-18(13-16)26-15-21(22)24/h2-8,13,17H,9-12,14-15H2,1H3,(H2,22,24). The fourth-order valence-corrected chi connectivity index (χ4v) is 3.23. The largest absolute Gasteiger partial charge is 0.493 e. The van der Waals surface area contributed by atoms with Crippen LogP contribution in [0.25, 0.3) is 0 Å². The van der Waals surface area contributed by atoms with Crippen LogP contribution in [0.1, 0.15) is 18.4 Å². The molecule has 27 heavy (non-hydrogen) atoms. The summed E-state index contributed by atoms with van der Waals surface area (Å²) in [5, 5.41) is 0. The third-order valence-electron chi connectivity index (χ3n) is 4.58. The van der Waals surface area contributed by atoms with E-state index in [1.165, 1.54) is 0 Å². The molecule has 2 aromatic rings. The molecule has 0 radical (unpaired) electrons. The summed E-state index contributed by atoms with van der Waals surface area (Å²) in [6.07, 6.45) is 2.13. The molecular formula is C21H26N2O4. The second-order valence-electron chi connectivity index (χ2n) is 6.65. The Kier molecular flexibility index (Phi) is 6.54. The Morgan fingerprint density at radius 2 is 1.85 bits per heavy atom. The molecule has 1 aliphatic rings. The lowest BCUT2D eigenvalue weighted by molar-refractivity contribution is -0.119. The van der Waals surface area contributed by atoms with Crippen LogP contribution in [0, 0.1) is 0 Å². The summed E-state index contributed by atoms with van der Waals surface area (Å²) in [6, 6.07) is 15.5. The van der Waals surface area contributed by atoms with E-state index in [9.17, 15) is 4.79 Å². The van der Waals surface area contributed by atoms with Gasteiger partial charge in [0.05, 0.1) is 7.11 Å². The quantitative estimate of drug-likeness (QED) is 0.773. The minimum absolute atomic E-state index is 0.102. The van der Waals surface area contributed by atoms with Crippen molar-refractivity contribution in [1.29, 1.82) is 0 Å². The van der Waals surface area contributed by atoms with Crippen LogP contribution in [0.3, 0.4) is 0 Å². The van der Waals surface area contributed by atoms with Gasteiger partial charge in [0.25, 0.3) is 5.91 Å². The highest BCUT2D eigenvalue weighted by atomic mass is 16.5. The summed E-state index contributed by atoms with van der Waals surface area (Å²) in [4.78, 5) is 13.2. The Labute approximate surface area is 159 Å². The van der Waals surface area contributed by atoms with Gasteiger partial charge in [0.2, 0.25) is 0 Å². The van der Waals surface area contributed by atoms with Crippen molar-refractivity contribution in [1.82, 2.24) is 4.90 Å². The molecule has 1 amide bonds. The molecule has 0 saturated carbocycles. The summed E-state index contributed by atoms with van der Waals surface area (Å²) in [5.74, 6) is 1.77. The maximum Gasteiger partial charge on any atom is 0.255 e. The van der Waals surface area contributed by atoms with Crippen LogP contribution in [0.2, 0.25) is 0 Å². The minimum atomic E-state index is -0.475. The van der Waals surface area contributed by atoms with Gasteiger partial charge in [0.15, 0.2) is 18.1 Å². The number of hydrogen-bond acceptors (Lipinski definition) is 5. The molecule has 1 aliphatic heterocycles. The first-order valence-electron chi connectivity index (χ1n) is 9.16. The van der Waals surface area contributed by atoms with Crippen LogP contribution in [0.4, 0.5) is 0 Å². The summed E-state index contributed by atoms with van der Waals surface area (Å²) in [5.41, 5.74) is 6.28. The molecule has 0 bridgehead atoms. The number of methoxy groups -OCH3 is 1. The number of benzene rings is 2. The SMILES string of the molecule is COc1ccccc1OC1CCN(Cc2cccc(OCC(N)=O)c2)CC1. The van der Waals surface area contributed by atoms with E-state index < -0.39 is 5.91 Å². The summed E-state index contributed by atoms with van der Waals surface area (Å²) in [7, 11) is 1.66. The highest BCUT2D eigenvalue weighted by Gasteiger charge is 2.21. The van der Waals surface area contributed by atoms with Crippen LogP contribution in [-0.2, 0) is 11.3 Å². The smallest absolute Gasteiger partial charge is 0.255 e. The Hall–Kier alpha value is -2.73. The molecule has 2 N–H and O–H groups in total. The molecule has 0 aromatic heterocycles. The van der Waals surface area contributed by atoms with Crippen molar-refractivity contribution in [2.75, 3.05) is 26.8 Å². The van der Waals surface area contributed by atoms with Crippen LogP contribution < -0.4 is 19.9 Å². The third-order valence-corrected chi connectivity index (χ3v) is 4.58. The van der Waals surface area contributed by atoms with Crippen molar-refractivity contribution in [3.05, 3.63) is 54.1 Å². The molecule has 6 nitrogen and oxygen atoms in total. The zero-order valence-corrected chi connectivity index (χ0v) is 15.6. The van der Waals surface area contributed by atoms with Gasteiger partial charge in [0.1, 0.15) is 11.9 Å².